The highest BCUT2D eigenvalue weighted by Crippen LogP contribution is 2.08. The van der Waals surface area contributed by atoms with E-state index in [0.29, 0.717) is 5.69 Å². The molecule has 2 aromatic heterocycles. The van der Waals surface area contributed by atoms with Crippen LogP contribution < -0.4 is 5.32 Å². The van der Waals surface area contributed by atoms with E-state index in [9.17, 15) is 4.79 Å². The third-order valence-corrected chi connectivity index (χ3v) is 2.42. The summed E-state index contributed by atoms with van der Waals surface area (Å²) in [6.07, 6.45) is 2.70. The van der Waals surface area contributed by atoms with E-state index in [1.165, 1.54) is 0 Å². The third-order valence-electron chi connectivity index (χ3n) is 2.42. The van der Waals surface area contributed by atoms with Gasteiger partial charge in [-0.3, -0.25) is 15.3 Å². The van der Waals surface area contributed by atoms with Gasteiger partial charge >= 0.3 is 6.09 Å². The average molecular weight is 257 g/mol. The van der Waals surface area contributed by atoms with Crippen LogP contribution in [0.2, 0.25) is 0 Å². The molecule has 2 rings (SSSR count). The van der Waals surface area contributed by atoms with Gasteiger partial charge in [0, 0.05) is 17.6 Å². The molecule has 0 saturated heterocycles. The highest BCUT2D eigenvalue weighted by atomic mass is 16.5. The highest BCUT2D eigenvalue weighted by molar-refractivity contribution is 5.84. The van der Waals surface area contributed by atoms with Gasteiger partial charge in [0.25, 0.3) is 0 Å². The maximum absolute atomic E-state index is 11.6. The van der Waals surface area contributed by atoms with E-state index in [4.69, 9.17) is 4.74 Å². The van der Waals surface area contributed by atoms with Crippen molar-refractivity contribution >= 4 is 11.8 Å². The van der Waals surface area contributed by atoms with Crippen molar-refractivity contribution in [3.8, 4) is 0 Å². The van der Waals surface area contributed by atoms with E-state index < -0.39 is 6.09 Å². The normalized spacial score (nSPS) is 10.0. The number of anilines is 1. The lowest BCUT2D eigenvalue weighted by molar-refractivity contribution is 0.155. The molecule has 0 aliphatic rings. The van der Waals surface area contributed by atoms with Crippen molar-refractivity contribution in [1.82, 2.24) is 9.97 Å². The van der Waals surface area contributed by atoms with Crippen LogP contribution in [0.5, 0.6) is 0 Å². The molecule has 0 atom stereocenters. The zero-order valence-corrected chi connectivity index (χ0v) is 10.9. The Morgan fingerprint density at radius 1 is 1.32 bits per heavy atom. The van der Waals surface area contributed by atoms with Crippen LogP contribution in [0.15, 0.2) is 36.7 Å². The van der Waals surface area contributed by atoms with Crippen molar-refractivity contribution in [1.29, 1.82) is 0 Å². The molecular formula is C14H15N3O2. The second-order valence-electron chi connectivity index (χ2n) is 4.20. The summed E-state index contributed by atoms with van der Waals surface area (Å²) in [7, 11) is 0. The Hall–Kier alpha value is -2.43. The van der Waals surface area contributed by atoms with Gasteiger partial charge in [0.15, 0.2) is 0 Å². The largest absolute Gasteiger partial charge is 0.444 e. The second kappa shape index (κ2) is 5.95. The quantitative estimate of drug-likeness (QED) is 0.918. The molecule has 0 aliphatic heterocycles. The maximum atomic E-state index is 11.6. The first-order chi connectivity index (χ1) is 9.13. The number of hydrogen-bond acceptors (Lipinski definition) is 4. The topological polar surface area (TPSA) is 64.1 Å². The number of carbonyl (C=O) groups excluding carboxylic acids is 1. The van der Waals surface area contributed by atoms with Crippen molar-refractivity contribution in [3.05, 3.63) is 53.6 Å². The number of nitrogens with zero attached hydrogens (tertiary/aromatic N) is 2. The van der Waals surface area contributed by atoms with Gasteiger partial charge < -0.3 is 4.74 Å². The molecular weight excluding hydrogens is 242 g/mol. The summed E-state index contributed by atoms with van der Waals surface area (Å²) in [6.45, 7) is 4.04. The van der Waals surface area contributed by atoms with E-state index in [1.807, 2.05) is 26.0 Å². The van der Waals surface area contributed by atoms with Crippen molar-refractivity contribution in [2.75, 3.05) is 5.32 Å². The molecule has 98 valence electrons. The Morgan fingerprint density at radius 2 is 2.05 bits per heavy atom. The van der Waals surface area contributed by atoms with Crippen molar-refractivity contribution in [2.24, 2.45) is 0 Å². The molecule has 1 amide bonds. The minimum absolute atomic E-state index is 0.219. The van der Waals surface area contributed by atoms with Gasteiger partial charge in [0.2, 0.25) is 0 Å². The molecule has 2 heterocycles. The van der Waals surface area contributed by atoms with Crippen LogP contribution in [0.4, 0.5) is 10.5 Å². The SMILES string of the molecule is Cc1cc(COC(=O)Nc2cccnc2)cc(C)n1. The number of amides is 1. The van der Waals surface area contributed by atoms with Gasteiger partial charge in [-0.25, -0.2) is 4.79 Å². The highest BCUT2D eigenvalue weighted by Gasteiger charge is 2.04. The molecule has 5 heteroatoms. The minimum Gasteiger partial charge on any atom is -0.444 e. The van der Waals surface area contributed by atoms with Crippen LogP contribution in [-0.4, -0.2) is 16.1 Å². The van der Waals surface area contributed by atoms with Gasteiger partial charge in [-0.15, -0.1) is 0 Å². The summed E-state index contributed by atoms with van der Waals surface area (Å²) in [4.78, 5) is 19.7. The van der Waals surface area contributed by atoms with E-state index in [0.717, 1.165) is 17.0 Å². The molecule has 0 saturated carbocycles. The fourth-order valence-corrected chi connectivity index (χ4v) is 1.74. The lowest BCUT2D eigenvalue weighted by Crippen LogP contribution is -2.13. The van der Waals surface area contributed by atoms with E-state index in [-0.39, 0.29) is 6.61 Å². The molecule has 0 bridgehead atoms. The molecule has 0 spiro atoms. The van der Waals surface area contributed by atoms with E-state index in [1.54, 1.807) is 24.5 Å². The Kier molecular flexibility index (Phi) is 4.07. The van der Waals surface area contributed by atoms with Gasteiger partial charge in [-0.05, 0) is 43.7 Å². The van der Waals surface area contributed by atoms with Crippen molar-refractivity contribution < 1.29 is 9.53 Å². The molecule has 0 fully saturated rings. The van der Waals surface area contributed by atoms with E-state index in [2.05, 4.69) is 15.3 Å². The third kappa shape index (κ3) is 4.06. The predicted octanol–water partition coefficient (Wildman–Crippen LogP) is 2.84. The summed E-state index contributed by atoms with van der Waals surface area (Å²) in [6, 6.07) is 7.27. The van der Waals surface area contributed by atoms with Crippen LogP contribution >= 0.6 is 0 Å². The standard InChI is InChI=1S/C14H15N3O2/c1-10-6-12(7-11(2)16-10)9-19-14(18)17-13-4-3-5-15-8-13/h3-8H,9H2,1-2H3,(H,17,18). The molecule has 5 nitrogen and oxygen atoms in total. The van der Waals surface area contributed by atoms with Crippen LogP contribution in [0.25, 0.3) is 0 Å². The zero-order chi connectivity index (χ0) is 13.7. The number of pyridine rings is 2. The average Bonchev–Trinajstić information content (AvgIpc) is 2.36. The predicted molar refractivity (Wildman–Crippen MR) is 71.8 cm³/mol. The van der Waals surface area contributed by atoms with Gasteiger partial charge in [-0.1, -0.05) is 0 Å². The first-order valence-electron chi connectivity index (χ1n) is 5.91. The lowest BCUT2D eigenvalue weighted by Gasteiger charge is -2.07. The van der Waals surface area contributed by atoms with Crippen LogP contribution in [0, 0.1) is 13.8 Å². The smallest absolute Gasteiger partial charge is 0.412 e. The number of rotatable bonds is 3. The molecule has 0 aromatic carbocycles. The fourth-order valence-electron chi connectivity index (χ4n) is 1.74. The fraction of sp³-hybridized carbons (Fsp3) is 0.214. The summed E-state index contributed by atoms with van der Waals surface area (Å²) < 4.78 is 5.14. The maximum Gasteiger partial charge on any atom is 0.412 e. The summed E-state index contributed by atoms with van der Waals surface area (Å²) >= 11 is 0. The Bertz CT molecular complexity index is 550. The molecule has 2 aromatic rings. The van der Waals surface area contributed by atoms with Crippen molar-refractivity contribution in [2.45, 2.75) is 20.5 Å². The first kappa shape index (κ1) is 13.0. The van der Waals surface area contributed by atoms with Gasteiger partial charge in [0.1, 0.15) is 6.61 Å². The summed E-state index contributed by atoms with van der Waals surface area (Å²) in [5.74, 6) is 0. The first-order valence-corrected chi connectivity index (χ1v) is 5.91. The number of carbonyl (C=O) groups is 1. The Labute approximate surface area is 111 Å². The minimum atomic E-state index is -0.500. The Morgan fingerprint density at radius 3 is 2.68 bits per heavy atom. The van der Waals surface area contributed by atoms with Crippen LogP contribution in [0.1, 0.15) is 17.0 Å². The number of aryl methyl sites for hydroxylation is 2. The summed E-state index contributed by atoms with van der Waals surface area (Å²) in [5.41, 5.74) is 3.35. The number of aromatic nitrogens is 2. The van der Waals surface area contributed by atoms with Crippen molar-refractivity contribution in [3.63, 3.8) is 0 Å². The van der Waals surface area contributed by atoms with Gasteiger partial charge in [-0.2, -0.15) is 0 Å². The monoisotopic (exact) mass is 257 g/mol. The van der Waals surface area contributed by atoms with Gasteiger partial charge in [0.05, 0.1) is 11.9 Å². The number of hydrogen-bond donors (Lipinski definition) is 1. The van der Waals surface area contributed by atoms with Crippen LogP contribution in [-0.2, 0) is 11.3 Å². The second-order valence-corrected chi connectivity index (χ2v) is 4.20. The summed E-state index contributed by atoms with van der Waals surface area (Å²) in [5, 5.41) is 2.60. The lowest BCUT2D eigenvalue weighted by atomic mass is 10.2. The molecule has 0 aliphatic carbocycles. The molecule has 19 heavy (non-hydrogen) atoms. The Balaban J connectivity index is 1.90. The zero-order valence-electron chi connectivity index (χ0n) is 10.9. The molecule has 0 unspecified atom stereocenters. The molecule has 1 N–H and O–H groups in total. The number of nitrogens with one attached hydrogen (secondary N) is 1. The molecule has 0 radical (unpaired) electrons. The van der Waals surface area contributed by atoms with E-state index >= 15 is 0 Å². The number of ether oxygens (including phenoxy) is 1. The van der Waals surface area contributed by atoms with Crippen LogP contribution in [0.3, 0.4) is 0 Å².